The van der Waals surface area contributed by atoms with Crippen LogP contribution in [-0.2, 0) is 6.54 Å². The molecule has 0 aliphatic carbocycles. The van der Waals surface area contributed by atoms with E-state index in [1.54, 1.807) is 0 Å². The first-order valence-corrected chi connectivity index (χ1v) is 7.67. The first-order valence-electron chi connectivity index (χ1n) is 5.80. The van der Waals surface area contributed by atoms with Crippen molar-refractivity contribution in [3.8, 4) is 11.5 Å². The molecular formula is C14H11BrINO2. The molecule has 0 aromatic heterocycles. The second-order valence-electron chi connectivity index (χ2n) is 4.16. The molecule has 98 valence electrons. The van der Waals surface area contributed by atoms with E-state index < -0.39 is 0 Å². The Morgan fingerprint density at radius 2 is 1.79 bits per heavy atom. The fraction of sp³-hybridized carbons (Fsp3) is 0.143. The molecule has 0 unspecified atom stereocenters. The van der Waals surface area contributed by atoms with Crippen molar-refractivity contribution in [2.75, 3.05) is 12.1 Å². The van der Waals surface area contributed by atoms with E-state index >= 15 is 0 Å². The van der Waals surface area contributed by atoms with Crippen molar-refractivity contribution in [3.05, 3.63) is 50.0 Å². The Morgan fingerprint density at radius 1 is 1.11 bits per heavy atom. The number of halogens is 2. The van der Waals surface area contributed by atoms with Gasteiger partial charge in [0.1, 0.15) is 0 Å². The molecule has 1 aliphatic rings. The summed E-state index contributed by atoms with van der Waals surface area (Å²) >= 11 is 5.85. The van der Waals surface area contributed by atoms with Crippen LogP contribution in [0.3, 0.4) is 0 Å². The molecule has 1 N–H and O–H groups in total. The standard InChI is InChI=1S/C14H11BrINO2/c15-12-6-14-13(18-8-19-14)5-9(12)7-17-11-3-1-10(16)2-4-11/h1-6,17H,7-8H2. The van der Waals surface area contributed by atoms with Crippen LogP contribution < -0.4 is 14.8 Å². The fourth-order valence-corrected chi connectivity index (χ4v) is 2.68. The van der Waals surface area contributed by atoms with Crippen LogP contribution in [0.1, 0.15) is 5.56 Å². The van der Waals surface area contributed by atoms with Gasteiger partial charge in [-0.3, -0.25) is 0 Å². The average molecular weight is 432 g/mol. The zero-order chi connectivity index (χ0) is 13.2. The maximum Gasteiger partial charge on any atom is 0.231 e. The third kappa shape index (κ3) is 2.97. The first kappa shape index (κ1) is 13.1. The highest BCUT2D eigenvalue weighted by atomic mass is 127. The van der Waals surface area contributed by atoms with Gasteiger partial charge in [-0.25, -0.2) is 0 Å². The van der Waals surface area contributed by atoms with Gasteiger partial charge in [-0.05, 0) is 64.6 Å². The van der Waals surface area contributed by atoms with Gasteiger partial charge in [0.25, 0.3) is 0 Å². The summed E-state index contributed by atoms with van der Waals surface area (Å²) in [6.07, 6.45) is 0. The van der Waals surface area contributed by atoms with Gasteiger partial charge in [-0.2, -0.15) is 0 Å². The minimum atomic E-state index is 0.301. The van der Waals surface area contributed by atoms with Gasteiger partial charge in [-0.1, -0.05) is 15.9 Å². The zero-order valence-electron chi connectivity index (χ0n) is 9.95. The summed E-state index contributed by atoms with van der Waals surface area (Å²) in [5.74, 6) is 1.60. The van der Waals surface area contributed by atoms with Gasteiger partial charge in [0.15, 0.2) is 11.5 Å². The molecule has 0 amide bonds. The van der Waals surface area contributed by atoms with Crippen LogP contribution in [0.15, 0.2) is 40.9 Å². The summed E-state index contributed by atoms with van der Waals surface area (Å²) < 4.78 is 13.0. The molecule has 1 heterocycles. The molecule has 3 rings (SSSR count). The summed E-state index contributed by atoms with van der Waals surface area (Å²) in [6, 6.07) is 12.3. The molecule has 0 fully saturated rings. The molecule has 0 bridgehead atoms. The third-order valence-corrected chi connectivity index (χ3v) is 4.33. The highest BCUT2D eigenvalue weighted by molar-refractivity contribution is 14.1. The molecule has 0 saturated heterocycles. The molecule has 0 radical (unpaired) electrons. The van der Waals surface area contributed by atoms with E-state index in [1.165, 1.54) is 3.57 Å². The van der Waals surface area contributed by atoms with Crippen molar-refractivity contribution < 1.29 is 9.47 Å². The minimum absolute atomic E-state index is 0.301. The number of benzene rings is 2. The lowest BCUT2D eigenvalue weighted by atomic mass is 10.2. The van der Waals surface area contributed by atoms with Crippen LogP contribution in [0.25, 0.3) is 0 Å². The number of fused-ring (bicyclic) bond motifs is 1. The monoisotopic (exact) mass is 431 g/mol. The molecule has 0 atom stereocenters. The van der Waals surface area contributed by atoms with Crippen molar-refractivity contribution in [2.45, 2.75) is 6.54 Å². The third-order valence-electron chi connectivity index (χ3n) is 2.87. The van der Waals surface area contributed by atoms with Crippen LogP contribution in [0.5, 0.6) is 11.5 Å². The smallest absolute Gasteiger partial charge is 0.231 e. The lowest BCUT2D eigenvalue weighted by molar-refractivity contribution is 0.174. The molecule has 0 saturated carbocycles. The maximum atomic E-state index is 5.39. The Balaban J connectivity index is 1.75. The molecule has 2 aromatic carbocycles. The summed E-state index contributed by atoms with van der Waals surface area (Å²) in [7, 11) is 0. The van der Waals surface area contributed by atoms with Crippen LogP contribution in [0.4, 0.5) is 5.69 Å². The maximum absolute atomic E-state index is 5.39. The van der Waals surface area contributed by atoms with E-state index in [9.17, 15) is 0 Å². The van der Waals surface area contributed by atoms with Crippen molar-refractivity contribution in [3.63, 3.8) is 0 Å². The first-order chi connectivity index (χ1) is 9.22. The van der Waals surface area contributed by atoms with Gasteiger partial charge in [-0.15, -0.1) is 0 Å². The molecular weight excluding hydrogens is 421 g/mol. The van der Waals surface area contributed by atoms with Gasteiger partial charge < -0.3 is 14.8 Å². The van der Waals surface area contributed by atoms with E-state index in [1.807, 2.05) is 12.1 Å². The SMILES string of the molecule is Brc1cc2c(cc1CNc1ccc(I)cc1)OCO2. The largest absolute Gasteiger partial charge is 0.454 e. The number of hydrogen-bond acceptors (Lipinski definition) is 3. The van der Waals surface area contributed by atoms with Gasteiger partial charge in [0.05, 0.1) is 0 Å². The Labute approximate surface area is 133 Å². The Morgan fingerprint density at radius 3 is 2.53 bits per heavy atom. The van der Waals surface area contributed by atoms with Crippen molar-refractivity contribution >= 4 is 44.2 Å². The van der Waals surface area contributed by atoms with Crippen LogP contribution in [0, 0.1) is 3.57 Å². The minimum Gasteiger partial charge on any atom is -0.454 e. The number of ether oxygens (including phenoxy) is 2. The molecule has 1 aliphatic heterocycles. The number of hydrogen-bond donors (Lipinski definition) is 1. The highest BCUT2D eigenvalue weighted by Crippen LogP contribution is 2.37. The lowest BCUT2D eigenvalue weighted by Crippen LogP contribution is -2.00. The summed E-state index contributed by atoms with van der Waals surface area (Å²) in [5, 5.41) is 3.39. The van der Waals surface area contributed by atoms with E-state index in [4.69, 9.17) is 9.47 Å². The van der Waals surface area contributed by atoms with Crippen molar-refractivity contribution in [1.29, 1.82) is 0 Å². The molecule has 3 nitrogen and oxygen atoms in total. The predicted molar refractivity (Wildman–Crippen MR) is 86.8 cm³/mol. The Kier molecular flexibility index (Phi) is 3.83. The number of nitrogens with one attached hydrogen (secondary N) is 1. The van der Waals surface area contributed by atoms with E-state index in [0.29, 0.717) is 6.79 Å². The normalized spacial score (nSPS) is 12.5. The number of anilines is 1. The van der Waals surface area contributed by atoms with Crippen LogP contribution in [-0.4, -0.2) is 6.79 Å². The molecule has 0 spiro atoms. The quantitative estimate of drug-likeness (QED) is 0.731. The molecule has 2 aromatic rings. The van der Waals surface area contributed by atoms with Gasteiger partial charge in [0, 0.05) is 20.3 Å². The topological polar surface area (TPSA) is 30.5 Å². The second kappa shape index (κ2) is 5.58. The summed E-state index contributed by atoms with van der Waals surface area (Å²) in [5.41, 5.74) is 2.24. The predicted octanol–water partition coefficient (Wildman–Crippen LogP) is 4.39. The van der Waals surface area contributed by atoms with Crippen LogP contribution in [0.2, 0.25) is 0 Å². The number of rotatable bonds is 3. The molecule has 5 heteroatoms. The summed E-state index contributed by atoms with van der Waals surface area (Å²) in [6.45, 7) is 1.04. The van der Waals surface area contributed by atoms with Gasteiger partial charge in [0.2, 0.25) is 6.79 Å². The second-order valence-corrected chi connectivity index (χ2v) is 6.26. The van der Waals surface area contributed by atoms with Crippen LogP contribution >= 0.6 is 38.5 Å². The molecule has 19 heavy (non-hydrogen) atoms. The Bertz CT molecular complexity index is 601. The van der Waals surface area contributed by atoms with E-state index in [2.05, 4.69) is 68.1 Å². The summed E-state index contributed by atoms with van der Waals surface area (Å²) in [4.78, 5) is 0. The Hall–Kier alpha value is -0.950. The van der Waals surface area contributed by atoms with E-state index in [-0.39, 0.29) is 0 Å². The zero-order valence-corrected chi connectivity index (χ0v) is 13.7. The fourth-order valence-electron chi connectivity index (χ4n) is 1.86. The lowest BCUT2D eigenvalue weighted by Gasteiger charge is -2.09. The van der Waals surface area contributed by atoms with Gasteiger partial charge >= 0.3 is 0 Å². The van der Waals surface area contributed by atoms with Crippen molar-refractivity contribution in [1.82, 2.24) is 0 Å². The highest BCUT2D eigenvalue weighted by Gasteiger charge is 2.15. The van der Waals surface area contributed by atoms with Crippen molar-refractivity contribution in [2.24, 2.45) is 0 Å². The van der Waals surface area contributed by atoms with E-state index in [0.717, 1.165) is 33.8 Å². The average Bonchev–Trinajstić information content (AvgIpc) is 2.85.